The molecule has 19 heavy (non-hydrogen) atoms. The summed E-state index contributed by atoms with van der Waals surface area (Å²) in [6.07, 6.45) is 0.148. The van der Waals surface area contributed by atoms with Crippen LogP contribution in [-0.2, 0) is 11.3 Å². The zero-order valence-electron chi connectivity index (χ0n) is 12.2. The highest BCUT2D eigenvalue weighted by molar-refractivity contribution is 5.55. The van der Waals surface area contributed by atoms with E-state index < -0.39 is 0 Å². The zero-order valence-corrected chi connectivity index (χ0v) is 12.2. The zero-order chi connectivity index (χ0) is 14.0. The van der Waals surface area contributed by atoms with Crippen LogP contribution < -0.4 is 10.2 Å². The minimum absolute atomic E-state index is 0.148. The molecule has 0 radical (unpaired) electrons. The van der Waals surface area contributed by atoms with E-state index in [1.54, 1.807) is 6.07 Å². The summed E-state index contributed by atoms with van der Waals surface area (Å²) in [6, 6.07) is 5.28. The third kappa shape index (κ3) is 3.25. The van der Waals surface area contributed by atoms with E-state index in [-0.39, 0.29) is 17.5 Å². The van der Waals surface area contributed by atoms with Gasteiger partial charge in [-0.05, 0) is 40.0 Å². The van der Waals surface area contributed by atoms with Crippen molar-refractivity contribution in [1.29, 1.82) is 0 Å². The molecule has 1 aliphatic heterocycles. The predicted octanol–water partition coefficient (Wildman–Crippen LogP) is 2.55. The molecule has 1 aromatic rings. The molecule has 0 spiro atoms. The van der Waals surface area contributed by atoms with Gasteiger partial charge in [-0.15, -0.1) is 0 Å². The van der Waals surface area contributed by atoms with Gasteiger partial charge in [-0.2, -0.15) is 0 Å². The van der Waals surface area contributed by atoms with Crippen LogP contribution in [0.5, 0.6) is 0 Å². The van der Waals surface area contributed by atoms with Gasteiger partial charge < -0.3 is 15.0 Å². The van der Waals surface area contributed by atoms with Gasteiger partial charge in [0.2, 0.25) is 0 Å². The van der Waals surface area contributed by atoms with Crippen molar-refractivity contribution in [3.05, 3.63) is 29.6 Å². The lowest BCUT2D eigenvalue weighted by Crippen LogP contribution is -2.52. The molecule has 3 nitrogen and oxygen atoms in total. The van der Waals surface area contributed by atoms with Crippen molar-refractivity contribution in [2.24, 2.45) is 0 Å². The molecule has 1 heterocycles. The molecule has 1 fully saturated rings. The predicted molar refractivity (Wildman–Crippen MR) is 76.0 cm³/mol. The maximum absolute atomic E-state index is 14.0. The Hall–Kier alpha value is -1.13. The second-order valence-electron chi connectivity index (χ2n) is 5.84. The van der Waals surface area contributed by atoms with Gasteiger partial charge in [-0.25, -0.2) is 4.39 Å². The van der Waals surface area contributed by atoms with Crippen LogP contribution in [0.15, 0.2) is 18.2 Å². The summed E-state index contributed by atoms with van der Waals surface area (Å²) >= 11 is 0. The van der Waals surface area contributed by atoms with Crippen LogP contribution in [-0.4, -0.2) is 31.8 Å². The molecule has 106 valence electrons. The molecule has 4 heteroatoms. The normalized spacial score (nSPS) is 22.6. The van der Waals surface area contributed by atoms with E-state index >= 15 is 0 Å². The first-order chi connectivity index (χ1) is 8.93. The smallest absolute Gasteiger partial charge is 0.129 e. The second-order valence-corrected chi connectivity index (χ2v) is 5.84. The van der Waals surface area contributed by atoms with Crippen molar-refractivity contribution in [3.8, 4) is 0 Å². The molecule has 1 aliphatic rings. The Balaban J connectivity index is 2.33. The van der Waals surface area contributed by atoms with Gasteiger partial charge in [-0.1, -0.05) is 6.07 Å². The third-order valence-electron chi connectivity index (χ3n) is 3.36. The van der Waals surface area contributed by atoms with Crippen molar-refractivity contribution in [1.82, 2.24) is 5.32 Å². The van der Waals surface area contributed by atoms with Crippen molar-refractivity contribution >= 4 is 5.69 Å². The Morgan fingerprint density at radius 1 is 1.47 bits per heavy atom. The van der Waals surface area contributed by atoms with Gasteiger partial charge >= 0.3 is 0 Å². The average molecular weight is 266 g/mol. The molecular weight excluding hydrogens is 243 g/mol. The molecule has 1 unspecified atom stereocenters. The van der Waals surface area contributed by atoms with E-state index in [1.165, 1.54) is 6.07 Å². The van der Waals surface area contributed by atoms with Crippen LogP contribution in [0, 0.1) is 5.82 Å². The molecule has 1 atom stereocenters. The second kappa shape index (κ2) is 5.47. The van der Waals surface area contributed by atoms with Crippen LogP contribution in [0.4, 0.5) is 10.1 Å². The first kappa shape index (κ1) is 14.3. The lowest BCUT2D eigenvalue weighted by molar-refractivity contribution is -0.0750. The molecule has 1 N–H and O–H groups in total. The summed E-state index contributed by atoms with van der Waals surface area (Å²) in [5, 5.41) is 3.04. The van der Waals surface area contributed by atoms with E-state index in [0.717, 1.165) is 24.3 Å². The highest BCUT2D eigenvalue weighted by Gasteiger charge is 2.32. The van der Waals surface area contributed by atoms with Crippen molar-refractivity contribution in [3.63, 3.8) is 0 Å². The lowest BCUT2D eigenvalue weighted by atomic mass is 10.0. The molecule has 0 saturated carbocycles. The monoisotopic (exact) mass is 266 g/mol. The summed E-state index contributed by atoms with van der Waals surface area (Å²) in [5.41, 5.74) is 1.49. The number of hydrogen-bond donors (Lipinski definition) is 1. The van der Waals surface area contributed by atoms with Crippen LogP contribution >= 0.6 is 0 Å². The van der Waals surface area contributed by atoms with Gasteiger partial charge in [0.1, 0.15) is 5.82 Å². The molecule has 0 amide bonds. The molecule has 0 aliphatic carbocycles. The number of nitrogens with one attached hydrogen (secondary N) is 1. The number of ether oxygens (including phenoxy) is 1. The number of nitrogens with zero attached hydrogens (tertiary/aromatic N) is 1. The van der Waals surface area contributed by atoms with Gasteiger partial charge in [-0.3, -0.25) is 0 Å². The van der Waals surface area contributed by atoms with Gasteiger partial charge in [0.25, 0.3) is 0 Å². The van der Waals surface area contributed by atoms with E-state index in [9.17, 15) is 4.39 Å². The molecule has 1 aromatic carbocycles. The molecule has 0 bridgehead atoms. The maximum Gasteiger partial charge on any atom is 0.129 e. The number of benzene rings is 1. The number of halogens is 1. The minimum atomic E-state index is -0.207. The summed E-state index contributed by atoms with van der Waals surface area (Å²) < 4.78 is 19.9. The fraction of sp³-hybridized carbons (Fsp3) is 0.600. The summed E-state index contributed by atoms with van der Waals surface area (Å²) in [5.74, 6) is -0.149. The summed E-state index contributed by atoms with van der Waals surface area (Å²) in [7, 11) is 1.84. The summed E-state index contributed by atoms with van der Waals surface area (Å²) in [6.45, 7) is 8.32. The van der Waals surface area contributed by atoms with Crippen molar-refractivity contribution < 1.29 is 9.13 Å². The number of rotatable bonds is 3. The van der Waals surface area contributed by atoms with Gasteiger partial charge in [0.15, 0.2) is 0 Å². The summed E-state index contributed by atoms with van der Waals surface area (Å²) in [4.78, 5) is 2.23. The van der Waals surface area contributed by atoms with Crippen LogP contribution in [0.3, 0.4) is 0 Å². The Morgan fingerprint density at radius 2 is 2.21 bits per heavy atom. The number of morpholine rings is 1. The fourth-order valence-corrected chi connectivity index (χ4v) is 2.83. The Kier molecular flexibility index (Phi) is 4.11. The van der Waals surface area contributed by atoms with E-state index in [2.05, 4.69) is 31.0 Å². The maximum atomic E-state index is 14.0. The average Bonchev–Trinajstić information content (AvgIpc) is 2.29. The Bertz CT molecular complexity index is 448. The fourth-order valence-electron chi connectivity index (χ4n) is 2.83. The minimum Gasteiger partial charge on any atom is -0.369 e. The molecule has 1 saturated heterocycles. The van der Waals surface area contributed by atoms with Crippen LogP contribution in [0.1, 0.15) is 26.3 Å². The molecule has 0 aromatic heterocycles. The highest BCUT2D eigenvalue weighted by atomic mass is 19.1. The standard InChI is InChI=1S/C15H23FN2O/c1-11-9-18(10-15(2,3)19-11)14-7-5-6-13(16)12(14)8-17-4/h5-7,11,17H,8-10H2,1-4H3. The van der Waals surface area contributed by atoms with Crippen molar-refractivity contribution in [2.75, 3.05) is 25.0 Å². The van der Waals surface area contributed by atoms with Crippen molar-refractivity contribution in [2.45, 2.75) is 39.0 Å². The van der Waals surface area contributed by atoms with Crippen LogP contribution in [0.2, 0.25) is 0 Å². The molecular formula is C15H23FN2O. The number of anilines is 1. The first-order valence-electron chi connectivity index (χ1n) is 6.78. The topological polar surface area (TPSA) is 24.5 Å². The van der Waals surface area contributed by atoms with E-state index in [4.69, 9.17) is 4.74 Å². The lowest BCUT2D eigenvalue weighted by Gasteiger charge is -2.43. The van der Waals surface area contributed by atoms with Gasteiger partial charge in [0.05, 0.1) is 11.7 Å². The van der Waals surface area contributed by atoms with E-state index in [1.807, 2.05) is 13.1 Å². The highest BCUT2D eigenvalue weighted by Crippen LogP contribution is 2.29. The SMILES string of the molecule is CNCc1c(F)cccc1N1CC(C)OC(C)(C)C1. The number of hydrogen-bond acceptors (Lipinski definition) is 3. The van der Waals surface area contributed by atoms with Crippen LogP contribution in [0.25, 0.3) is 0 Å². The Labute approximate surface area is 114 Å². The third-order valence-corrected chi connectivity index (χ3v) is 3.36. The molecule has 2 rings (SSSR count). The van der Waals surface area contributed by atoms with E-state index in [0.29, 0.717) is 6.54 Å². The largest absolute Gasteiger partial charge is 0.369 e. The Morgan fingerprint density at radius 3 is 2.84 bits per heavy atom. The van der Waals surface area contributed by atoms with Gasteiger partial charge in [0, 0.05) is 30.9 Å². The quantitative estimate of drug-likeness (QED) is 0.910. The first-order valence-corrected chi connectivity index (χ1v) is 6.78.